The molecule has 1 rings (SSSR count). The summed E-state index contributed by atoms with van der Waals surface area (Å²) in [5.41, 5.74) is 4.35. The fraction of sp³-hybridized carbons (Fsp3) is 0.500. The van der Waals surface area contributed by atoms with Gasteiger partial charge in [0.15, 0.2) is 11.6 Å². The largest absolute Gasteiger partial charge is 0.490 e. The summed E-state index contributed by atoms with van der Waals surface area (Å²) in [6.45, 7) is 3.33. The lowest BCUT2D eigenvalue weighted by Gasteiger charge is -2.24. The first kappa shape index (κ1) is 13.0. The number of amides is 1. The Balaban J connectivity index is 3.10. The van der Waals surface area contributed by atoms with Crippen molar-refractivity contribution in [2.75, 3.05) is 24.8 Å². The average Bonchev–Trinajstić information content (AvgIpc) is 2.27. The molecule has 0 bridgehead atoms. The minimum absolute atomic E-state index is 0.413. The van der Waals surface area contributed by atoms with Crippen LogP contribution >= 0.6 is 0 Å². The van der Waals surface area contributed by atoms with Crippen LogP contribution in [0.25, 0.3) is 0 Å². The predicted octanol–water partition coefficient (Wildman–Crippen LogP) is 0.203. The smallest absolute Gasteiger partial charge is 0.242 e. The van der Waals surface area contributed by atoms with Crippen LogP contribution in [-0.4, -0.2) is 35.6 Å². The highest BCUT2D eigenvalue weighted by Gasteiger charge is 2.27. The molecular formula is C10H17N5O2. The Morgan fingerprint density at radius 2 is 2.00 bits per heavy atom. The molecule has 0 aliphatic heterocycles. The van der Waals surface area contributed by atoms with Crippen molar-refractivity contribution < 1.29 is 9.53 Å². The second-order valence-corrected chi connectivity index (χ2v) is 3.97. The van der Waals surface area contributed by atoms with Crippen molar-refractivity contribution in [1.29, 1.82) is 0 Å². The van der Waals surface area contributed by atoms with Crippen LogP contribution in [0.15, 0.2) is 6.33 Å². The average molecular weight is 239 g/mol. The van der Waals surface area contributed by atoms with E-state index in [0.29, 0.717) is 17.4 Å². The van der Waals surface area contributed by atoms with E-state index in [0.717, 1.165) is 0 Å². The van der Waals surface area contributed by atoms with Crippen molar-refractivity contribution in [3.05, 3.63) is 6.33 Å². The quantitative estimate of drug-likeness (QED) is 0.678. The number of anilines is 2. The Labute approximate surface area is 99.8 Å². The number of carbonyl (C=O) groups is 1. The minimum Gasteiger partial charge on any atom is -0.490 e. The molecular weight excluding hydrogens is 222 g/mol. The van der Waals surface area contributed by atoms with Gasteiger partial charge in [0.2, 0.25) is 11.7 Å². The molecule has 0 atom stereocenters. The Morgan fingerprint density at radius 1 is 1.41 bits per heavy atom. The fourth-order valence-corrected chi connectivity index (χ4v) is 1.19. The molecule has 0 unspecified atom stereocenters. The molecule has 7 nitrogen and oxygen atoms in total. The number of methoxy groups -OCH3 is 1. The molecule has 0 aliphatic carbocycles. The van der Waals surface area contributed by atoms with Gasteiger partial charge in [-0.15, -0.1) is 0 Å². The number of nitrogens with one attached hydrogen (secondary N) is 2. The van der Waals surface area contributed by atoms with Crippen LogP contribution in [-0.2, 0) is 4.79 Å². The van der Waals surface area contributed by atoms with Gasteiger partial charge in [-0.05, 0) is 13.8 Å². The second-order valence-electron chi connectivity index (χ2n) is 3.97. The van der Waals surface area contributed by atoms with Gasteiger partial charge in [0.1, 0.15) is 11.9 Å². The molecule has 0 aliphatic rings. The topological polar surface area (TPSA) is 102 Å². The zero-order chi connectivity index (χ0) is 13.1. The third kappa shape index (κ3) is 2.74. The highest BCUT2D eigenvalue weighted by Crippen LogP contribution is 2.30. The monoisotopic (exact) mass is 239 g/mol. The summed E-state index contributed by atoms with van der Waals surface area (Å²) in [5.74, 6) is 0.898. The minimum atomic E-state index is -0.924. The number of rotatable bonds is 5. The molecule has 0 radical (unpaired) electrons. The first-order chi connectivity index (χ1) is 7.92. The lowest BCUT2D eigenvalue weighted by atomic mass is 10.1. The van der Waals surface area contributed by atoms with Crippen LogP contribution in [0.5, 0.6) is 5.75 Å². The van der Waals surface area contributed by atoms with Crippen molar-refractivity contribution in [2.45, 2.75) is 19.4 Å². The normalized spacial score (nSPS) is 10.8. The lowest BCUT2D eigenvalue weighted by Crippen LogP contribution is -2.45. The van der Waals surface area contributed by atoms with Crippen molar-refractivity contribution in [2.24, 2.45) is 5.73 Å². The summed E-state index contributed by atoms with van der Waals surface area (Å²) in [5, 5.41) is 5.79. The Bertz CT molecular complexity index is 419. The van der Waals surface area contributed by atoms with E-state index in [1.54, 1.807) is 20.9 Å². The molecule has 1 aromatic rings. The SMILES string of the molecule is CNc1ncnc(NC(C)(C)C(N)=O)c1OC. The van der Waals surface area contributed by atoms with Gasteiger partial charge < -0.3 is 21.1 Å². The summed E-state index contributed by atoms with van der Waals surface area (Å²) < 4.78 is 5.19. The molecule has 0 spiro atoms. The molecule has 1 amide bonds. The number of hydrogen-bond donors (Lipinski definition) is 3. The van der Waals surface area contributed by atoms with Gasteiger partial charge in [-0.2, -0.15) is 0 Å². The molecule has 1 heterocycles. The summed E-state index contributed by atoms with van der Waals surface area (Å²) in [6, 6.07) is 0. The standard InChI is InChI=1S/C10H17N5O2/c1-10(2,9(11)16)15-8-6(17-4)7(12-3)13-5-14-8/h5H,1-4H3,(H2,11,16)(H2,12,13,14,15). The van der Waals surface area contributed by atoms with Gasteiger partial charge in [0.25, 0.3) is 0 Å². The molecule has 1 aromatic heterocycles. The maximum atomic E-state index is 11.2. The van der Waals surface area contributed by atoms with E-state index >= 15 is 0 Å². The van der Waals surface area contributed by atoms with Crippen molar-refractivity contribution in [1.82, 2.24) is 9.97 Å². The van der Waals surface area contributed by atoms with Gasteiger partial charge in [-0.3, -0.25) is 4.79 Å². The molecule has 94 valence electrons. The molecule has 0 fully saturated rings. The van der Waals surface area contributed by atoms with Crippen LogP contribution in [0.3, 0.4) is 0 Å². The molecule has 0 saturated heterocycles. The Hall–Kier alpha value is -2.05. The summed E-state index contributed by atoms with van der Waals surface area (Å²) in [4.78, 5) is 19.3. The summed E-state index contributed by atoms with van der Waals surface area (Å²) in [7, 11) is 3.22. The number of nitrogens with zero attached hydrogens (tertiary/aromatic N) is 2. The lowest BCUT2D eigenvalue weighted by molar-refractivity contribution is -0.121. The van der Waals surface area contributed by atoms with Crippen molar-refractivity contribution >= 4 is 17.5 Å². The highest BCUT2D eigenvalue weighted by molar-refractivity contribution is 5.87. The van der Waals surface area contributed by atoms with Gasteiger partial charge >= 0.3 is 0 Å². The van der Waals surface area contributed by atoms with Crippen molar-refractivity contribution in [3.63, 3.8) is 0 Å². The van der Waals surface area contributed by atoms with E-state index < -0.39 is 11.4 Å². The van der Waals surface area contributed by atoms with Crippen LogP contribution in [0.4, 0.5) is 11.6 Å². The molecule has 7 heteroatoms. The van der Waals surface area contributed by atoms with E-state index in [9.17, 15) is 4.79 Å². The van der Waals surface area contributed by atoms with Gasteiger partial charge in [-0.1, -0.05) is 0 Å². The molecule has 0 saturated carbocycles. The van der Waals surface area contributed by atoms with Crippen LogP contribution in [0, 0.1) is 0 Å². The predicted molar refractivity (Wildman–Crippen MR) is 65.0 cm³/mol. The van der Waals surface area contributed by atoms with E-state index in [4.69, 9.17) is 10.5 Å². The third-order valence-corrected chi connectivity index (χ3v) is 2.29. The third-order valence-electron chi connectivity index (χ3n) is 2.29. The summed E-state index contributed by atoms with van der Waals surface area (Å²) >= 11 is 0. The number of aromatic nitrogens is 2. The first-order valence-electron chi connectivity index (χ1n) is 5.07. The molecule has 0 aromatic carbocycles. The van der Waals surface area contributed by atoms with Gasteiger partial charge in [0.05, 0.1) is 7.11 Å². The summed E-state index contributed by atoms with van der Waals surface area (Å²) in [6.07, 6.45) is 1.37. The molecule has 17 heavy (non-hydrogen) atoms. The van der Waals surface area contributed by atoms with E-state index in [1.807, 2.05) is 0 Å². The number of carbonyl (C=O) groups excluding carboxylic acids is 1. The Morgan fingerprint density at radius 3 is 2.47 bits per heavy atom. The molecule has 4 N–H and O–H groups in total. The Kier molecular flexibility index (Phi) is 3.72. The zero-order valence-corrected chi connectivity index (χ0v) is 10.4. The second kappa shape index (κ2) is 4.86. The number of nitrogens with two attached hydrogens (primary N) is 1. The highest BCUT2D eigenvalue weighted by atomic mass is 16.5. The number of hydrogen-bond acceptors (Lipinski definition) is 6. The van der Waals surface area contributed by atoms with Crippen LogP contribution in [0.2, 0.25) is 0 Å². The van der Waals surface area contributed by atoms with Crippen molar-refractivity contribution in [3.8, 4) is 5.75 Å². The zero-order valence-electron chi connectivity index (χ0n) is 10.4. The fourth-order valence-electron chi connectivity index (χ4n) is 1.19. The maximum Gasteiger partial charge on any atom is 0.242 e. The van der Waals surface area contributed by atoms with Gasteiger partial charge in [0, 0.05) is 7.05 Å². The van der Waals surface area contributed by atoms with E-state index in [-0.39, 0.29) is 0 Å². The van der Waals surface area contributed by atoms with Gasteiger partial charge in [-0.25, -0.2) is 9.97 Å². The number of ether oxygens (including phenoxy) is 1. The van der Waals surface area contributed by atoms with Crippen LogP contribution < -0.4 is 21.1 Å². The first-order valence-corrected chi connectivity index (χ1v) is 5.07. The van der Waals surface area contributed by atoms with Crippen LogP contribution in [0.1, 0.15) is 13.8 Å². The number of primary amides is 1. The van der Waals surface area contributed by atoms with E-state index in [1.165, 1.54) is 13.4 Å². The van der Waals surface area contributed by atoms with E-state index in [2.05, 4.69) is 20.6 Å². The maximum absolute atomic E-state index is 11.2.